The van der Waals surface area contributed by atoms with Crippen molar-refractivity contribution in [2.24, 2.45) is 0 Å². The van der Waals surface area contributed by atoms with Crippen LogP contribution in [-0.2, 0) is 9.16 Å². The highest BCUT2D eigenvalue weighted by molar-refractivity contribution is 6.74. The van der Waals surface area contributed by atoms with E-state index >= 15 is 0 Å². The molecule has 0 aromatic carbocycles. The molecule has 0 aromatic heterocycles. The van der Waals surface area contributed by atoms with Crippen molar-refractivity contribution in [1.29, 1.82) is 0 Å². The molecule has 0 amide bonds. The zero-order valence-corrected chi connectivity index (χ0v) is 13.6. The number of ether oxygens (including phenoxy) is 1. The Morgan fingerprint density at radius 2 is 1.95 bits per heavy atom. The van der Waals surface area contributed by atoms with Crippen LogP contribution in [0.25, 0.3) is 0 Å². The second kappa shape index (κ2) is 6.24. The van der Waals surface area contributed by atoms with E-state index in [0.717, 1.165) is 6.42 Å². The van der Waals surface area contributed by atoms with Crippen LogP contribution >= 0.6 is 0 Å². The number of rotatable bonds is 5. The van der Waals surface area contributed by atoms with Crippen molar-refractivity contribution in [3.05, 3.63) is 0 Å². The Labute approximate surface area is 118 Å². The molecule has 19 heavy (non-hydrogen) atoms. The number of hydrogen-bond donors (Lipinski definition) is 1. The van der Waals surface area contributed by atoms with Crippen LogP contribution in [0.3, 0.4) is 0 Å². The maximum Gasteiger partial charge on any atom is 0.191 e. The highest BCUT2D eigenvalue weighted by atomic mass is 28.4. The van der Waals surface area contributed by atoms with Crippen molar-refractivity contribution in [2.45, 2.75) is 76.1 Å². The fourth-order valence-electron chi connectivity index (χ4n) is 1.82. The number of halogens is 1. The van der Waals surface area contributed by atoms with Gasteiger partial charge in [-0.15, -0.1) is 0 Å². The van der Waals surface area contributed by atoms with E-state index in [-0.39, 0.29) is 5.04 Å². The first kappa shape index (κ1) is 17.1. The van der Waals surface area contributed by atoms with Crippen molar-refractivity contribution in [1.82, 2.24) is 0 Å². The predicted octanol–water partition coefficient (Wildman–Crippen LogP) is 2.38. The lowest BCUT2D eigenvalue weighted by atomic mass is 9.94. The largest absolute Gasteiger partial charge is 0.417 e. The average Bonchev–Trinajstić information content (AvgIpc) is 2.51. The van der Waals surface area contributed by atoms with Crippen molar-refractivity contribution in [3.8, 4) is 0 Å². The van der Waals surface area contributed by atoms with Crippen molar-refractivity contribution in [2.75, 3.05) is 6.61 Å². The van der Waals surface area contributed by atoms with E-state index in [1.807, 2.05) is 0 Å². The molecule has 0 saturated carbocycles. The van der Waals surface area contributed by atoms with Gasteiger partial charge in [0, 0.05) is 6.61 Å². The molecule has 0 aliphatic carbocycles. The van der Waals surface area contributed by atoms with Gasteiger partial charge in [-0.3, -0.25) is 0 Å². The lowest BCUT2D eigenvalue weighted by Crippen LogP contribution is -2.41. The average molecular weight is 288 g/mol. The Bertz CT molecular complexity index is 296. The molecule has 1 saturated heterocycles. The maximum absolute atomic E-state index is 13.3. The topological polar surface area (TPSA) is 38.7 Å². The van der Waals surface area contributed by atoms with Gasteiger partial charge < -0.3 is 14.3 Å². The van der Waals surface area contributed by atoms with Gasteiger partial charge in [0.05, 0.1) is 12.1 Å². The zero-order valence-electron chi connectivity index (χ0n) is 12.6. The Kier molecular flexibility index (Phi) is 5.63. The van der Waals surface area contributed by atoms with Crippen LogP contribution in [0.5, 0.6) is 0 Å². The third-order valence-electron chi connectivity index (χ3n) is 4.26. The number of aliphatic hydroxyl groups is 1. The van der Waals surface area contributed by atoms with Crippen LogP contribution < -0.4 is 0 Å². The second-order valence-electron chi connectivity index (χ2n) is 6.83. The molecule has 1 rings (SSSR count). The molecule has 1 aliphatic rings. The minimum atomic E-state index is -1.73. The zero-order chi connectivity index (χ0) is 14.8. The van der Waals surface area contributed by atoms with E-state index in [9.17, 15) is 9.50 Å². The molecule has 3 nitrogen and oxygen atoms in total. The number of hydrogen-bond acceptors (Lipinski definition) is 3. The lowest BCUT2D eigenvalue weighted by molar-refractivity contribution is 0.0214. The minimum absolute atomic E-state index is 0.183. The maximum atomic E-state index is 13.3. The van der Waals surface area contributed by atoms with Crippen molar-refractivity contribution >= 4 is 16.2 Å². The monoisotopic (exact) mass is 288 g/mol. The van der Waals surface area contributed by atoms with E-state index in [1.54, 1.807) is 0 Å². The third kappa shape index (κ3) is 4.28. The van der Waals surface area contributed by atoms with E-state index in [4.69, 9.17) is 17.0 Å². The smallest absolute Gasteiger partial charge is 0.191 e. The predicted molar refractivity (Wildman–Crippen MR) is 77.7 cm³/mol. The fraction of sp³-hybridized carbons (Fsp3) is 1.00. The Morgan fingerprint density at radius 3 is 2.37 bits per heavy atom. The summed E-state index contributed by atoms with van der Waals surface area (Å²) >= 11 is 0. The summed E-state index contributed by atoms with van der Waals surface area (Å²) in [5.41, 5.74) is 0. The lowest BCUT2D eigenvalue weighted by Gasteiger charge is -2.36. The van der Waals surface area contributed by atoms with Crippen LogP contribution in [0, 0.1) is 0 Å². The molecular weight excluding hydrogens is 262 g/mol. The van der Waals surface area contributed by atoms with Crippen LogP contribution in [0.15, 0.2) is 0 Å². The van der Waals surface area contributed by atoms with Gasteiger partial charge in [0.25, 0.3) is 0 Å². The van der Waals surface area contributed by atoms with E-state index in [0.29, 0.717) is 13.0 Å². The molecular formula is C13H26BFO3Si. The van der Waals surface area contributed by atoms with Gasteiger partial charge in [0.1, 0.15) is 20.1 Å². The normalized spacial score (nSPS) is 32.8. The van der Waals surface area contributed by atoms with Crippen molar-refractivity contribution in [3.63, 3.8) is 0 Å². The number of aliphatic hydroxyl groups excluding tert-OH is 1. The first-order valence-corrected chi connectivity index (χ1v) is 9.84. The van der Waals surface area contributed by atoms with Gasteiger partial charge in [-0.1, -0.05) is 20.8 Å². The summed E-state index contributed by atoms with van der Waals surface area (Å²) in [6, 6.07) is -0.999. The standard InChI is InChI=1S/C13H26BFO3Si/c1-13(2,3)19(4,5)17-8-6-7-9-11(16)10(15)12(14)18-9/h9-12,16H,6-8H2,1-5H3/t9-,10?,11?,12-/m1/s1. The third-order valence-corrected chi connectivity index (χ3v) is 8.79. The molecule has 110 valence electrons. The molecule has 1 N–H and O–H groups in total. The molecule has 2 radical (unpaired) electrons. The fourth-order valence-corrected chi connectivity index (χ4v) is 2.91. The Balaban J connectivity index is 2.29. The highest BCUT2D eigenvalue weighted by Crippen LogP contribution is 2.36. The van der Waals surface area contributed by atoms with Gasteiger partial charge in [0.2, 0.25) is 0 Å². The minimum Gasteiger partial charge on any atom is -0.417 e. The molecule has 2 unspecified atom stereocenters. The van der Waals surface area contributed by atoms with E-state index in [2.05, 4.69) is 33.9 Å². The molecule has 1 fully saturated rings. The Hall–Kier alpha value is 0.0918. The van der Waals surface area contributed by atoms with Crippen LogP contribution in [0.1, 0.15) is 33.6 Å². The molecule has 1 aliphatic heterocycles. The SMILES string of the molecule is [B][C@@H]1O[C@H](CCCO[Si](C)(C)C(C)(C)C)C(O)C1F. The first-order chi connectivity index (χ1) is 8.56. The summed E-state index contributed by atoms with van der Waals surface area (Å²) in [7, 11) is 3.68. The van der Waals surface area contributed by atoms with Crippen LogP contribution in [0.2, 0.25) is 18.1 Å². The summed E-state index contributed by atoms with van der Waals surface area (Å²) in [5, 5.41) is 9.79. The molecule has 0 spiro atoms. The molecule has 0 aromatic rings. The van der Waals surface area contributed by atoms with Crippen LogP contribution in [-0.4, -0.2) is 52.3 Å². The first-order valence-electron chi connectivity index (χ1n) is 6.93. The molecule has 0 bridgehead atoms. The van der Waals surface area contributed by atoms with Gasteiger partial charge in [-0.05, 0) is 31.0 Å². The van der Waals surface area contributed by atoms with Crippen LogP contribution in [0.4, 0.5) is 4.39 Å². The molecule has 6 heteroatoms. The van der Waals surface area contributed by atoms with Crippen molar-refractivity contribution < 1.29 is 18.7 Å². The number of alkyl halides is 1. The Morgan fingerprint density at radius 1 is 1.37 bits per heavy atom. The summed E-state index contributed by atoms with van der Waals surface area (Å²) in [6.45, 7) is 11.6. The summed E-state index contributed by atoms with van der Waals surface area (Å²) in [6.07, 6.45) is -1.78. The van der Waals surface area contributed by atoms with Gasteiger partial charge in [-0.25, -0.2) is 4.39 Å². The van der Waals surface area contributed by atoms with E-state index in [1.165, 1.54) is 0 Å². The van der Waals surface area contributed by atoms with Gasteiger partial charge >= 0.3 is 0 Å². The van der Waals surface area contributed by atoms with E-state index < -0.39 is 32.7 Å². The molecule has 4 atom stereocenters. The molecule has 1 heterocycles. The summed E-state index contributed by atoms with van der Waals surface area (Å²) < 4.78 is 24.5. The van der Waals surface area contributed by atoms with Gasteiger partial charge in [-0.2, -0.15) is 0 Å². The quantitative estimate of drug-likeness (QED) is 0.623. The summed E-state index contributed by atoms with van der Waals surface area (Å²) in [5.74, 6) is 0. The second-order valence-corrected chi connectivity index (χ2v) is 11.6. The summed E-state index contributed by atoms with van der Waals surface area (Å²) in [4.78, 5) is 0. The highest BCUT2D eigenvalue weighted by Gasteiger charge is 2.41. The van der Waals surface area contributed by atoms with Gasteiger partial charge in [0.15, 0.2) is 8.32 Å².